The van der Waals surface area contributed by atoms with Gasteiger partial charge in [0.15, 0.2) is 25.5 Å². The second-order valence-electron chi connectivity index (χ2n) is 31.7. The van der Waals surface area contributed by atoms with Crippen molar-refractivity contribution in [1.82, 2.24) is 44.0 Å². The monoisotopic (exact) mass is 1940 g/mol. The van der Waals surface area contributed by atoms with Crippen LogP contribution in [0, 0.1) is 0 Å². The number of halogens is 1. The van der Waals surface area contributed by atoms with Crippen molar-refractivity contribution in [3.8, 4) is 40.2 Å². The lowest BCUT2D eigenvalue weighted by Crippen LogP contribution is -2.54. The Kier molecular flexibility index (Phi) is 33.8. The predicted octanol–water partition coefficient (Wildman–Crippen LogP) is 13.2. The number of aryl methyl sites for hydroxylation is 4. The first-order valence-corrected chi connectivity index (χ1v) is 48.6. The zero-order valence-corrected chi connectivity index (χ0v) is 77.7. The average molecular weight is 1950 g/mol. The number of carboxylic acid groups (broad SMARTS) is 1. The third-order valence-electron chi connectivity index (χ3n) is 22.3. The molecule has 2 fully saturated rings. The van der Waals surface area contributed by atoms with Crippen LogP contribution >= 0.6 is 22.6 Å². The number of sulfone groups is 2. The minimum Gasteiger partial charge on any atom is -0.493 e. The van der Waals surface area contributed by atoms with Gasteiger partial charge in [-0.3, -0.25) is 86.6 Å². The van der Waals surface area contributed by atoms with Crippen LogP contribution in [-0.4, -0.2) is 165 Å². The molecule has 2 atom stereocenters. The third-order valence-corrected chi connectivity index (χ3v) is 25.6. The van der Waals surface area contributed by atoms with Crippen molar-refractivity contribution < 1.29 is 98.4 Å². The van der Waals surface area contributed by atoms with E-state index in [9.17, 15) is 84.3 Å². The van der Waals surface area contributed by atoms with E-state index in [1.807, 2.05) is 24.8 Å². The van der Waals surface area contributed by atoms with E-state index >= 15 is 0 Å². The molecule has 0 aliphatic carbocycles. The maximum atomic E-state index is 14.0. The number of anilines is 1. The van der Waals surface area contributed by atoms with Gasteiger partial charge < -0.3 is 39.4 Å². The number of unbranched alkanes of at least 4 members (excludes halogenated alkanes) is 8. The van der Waals surface area contributed by atoms with Crippen LogP contribution in [0.5, 0.6) is 40.2 Å². The summed E-state index contributed by atoms with van der Waals surface area (Å²) in [6.07, 6.45) is 11.7. The topological polar surface area (TPSA) is 431 Å². The molecule has 2 unspecified atom stereocenters. The number of aromatic nitrogens is 4. The number of carbonyl (C=O) groups is 11. The fourth-order valence-electron chi connectivity index (χ4n) is 15.4. The highest BCUT2D eigenvalue weighted by Gasteiger charge is 2.47. The van der Waals surface area contributed by atoms with Crippen molar-refractivity contribution in [3.05, 3.63) is 223 Å². The number of hydrogen-bond acceptors (Lipinski definition) is 23. The molecular formula is C95H105IN10O23S2. The summed E-state index contributed by atoms with van der Waals surface area (Å²) in [4.78, 5) is 165. The van der Waals surface area contributed by atoms with Crippen LogP contribution in [0.15, 0.2) is 177 Å². The Bertz CT molecular complexity index is 6410. The quantitative estimate of drug-likeness (QED) is 0.0104. The van der Waals surface area contributed by atoms with Crippen molar-refractivity contribution in [3.63, 3.8) is 0 Å². The molecule has 6 heterocycles. The summed E-state index contributed by atoms with van der Waals surface area (Å²) in [7, 11) is -1.45. The number of imidazole rings is 2. The Labute approximate surface area is 770 Å². The number of nitrogens with zero attached hydrogens (tertiary/aromatic N) is 6. The van der Waals surface area contributed by atoms with Crippen molar-refractivity contribution in [2.75, 3.05) is 43.2 Å². The number of amides is 9. The fraction of sp³-hybridized carbons (Fsp3) is 0.358. The fourth-order valence-corrected chi connectivity index (χ4v) is 18.2. The summed E-state index contributed by atoms with van der Waals surface area (Å²) in [6, 6.07) is 39.3. The van der Waals surface area contributed by atoms with Gasteiger partial charge in [0, 0.05) is 107 Å². The van der Waals surface area contributed by atoms with Gasteiger partial charge in [-0.1, -0.05) is 119 Å². The first-order chi connectivity index (χ1) is 62.8. The molecule has 0 bridgehead atoms. The number of ketones is 1. The van der Waals surface area contributed by atoms with Crippen LogP contribution in [-0.2, 0) is 83.3 Å². The van der Waals surface area contributed by atoms with Crippen molar-refractivity contribution in [2.45, 2.75) is 163 Å². The van der Waals surface area contributed by atoms with E-state index in [0.717, 1.165) is 92.9 Å². The number of fused-ring (bicyclic) bond motifs is 4. The Morgan fingerprint density at radius 2 is 0.901 bits per heavy atom. The molecule has 0 spiro atoms. The lowest BCUT2D eigenvalue weighted by molar-refractivity contribution is -0.137. The van der Waals surface area contributed by atoms with Crippen LogP contribution in [0.3, 0.4) is 0 Å². The highest BCUT2D eigenvalue weighted by Crippen LogP contribution is 2.39. The number of hydrogen-bond donors (Lipinski definition) is 5. The number of carboxylic acids is 1. The van der Waals surface area contributed by atoms with Gasteiger partial charge in [0.25, 0.3) is 29.5 Å². The van der Waals surface area contributed by atoms with E-state index in [-0.39, 0.29) is 116 Å². The number of rotatable bonds is 38. The number of aromatic carboxylic acids is 1. The molecule has 692 valence electrons. The van der Waals surface area contributed by atoms with E-state index in [1.165, 1.54) is 60.7 Å². The van der Waals surface area contributed by atoms with Crippen molar-refractivity contribution >= 4 is 135 Å². The van der Waals surface area contributed by atoms with Gasteiger partial charge >= 0.3 is 17.3 Å². The smallest absolute Gasteiger partial charge is 0.335 e. The molecule has 8 aromatic carbocycles. The van der Waals surface area contributed by atoms with Crippen LogP contribution in [0.4, 0.5) is 5.69 Å². The summed E-state index contributed by atoms with van der Waals surface area (Å²) in [5.74, 6) is -4.28. The van der Waals surface area contributed by atoms with Crippen LogP contribution in [0.2, 0.25) is 0 Å². The summed E-state index contributed by atoms with van der Waals surface area (Å²) < 4.78 is 89.7. The Balaban J connectivity index is 0.000000208. The number of imide groups is 4. The maximum Gasteiger partial charge on any atom is 0.335 e. The predicted molar refractivity (Wildman–Crippen MR) is 497 cm³/mol. The van der Waals surface area contributed by atoms with Gasteiger partial charge in [-0.25, -0.2) is 31.2 Å². The highest BCUT2D eigenvalue weighted by atomic mass is 127. The normalized spacial score (nSPS) is 14.7. The van der Waals surface area contributed by atoms with Crippen LogP contribution < -0.4 is 56.3 Å². The van der Waals surface area contributed by atoms with Gasteiger partial charge in [0.1, 0.15) is 58.9 Å². The standard InChI is InChI=1S/C47H52N6O10S.C26H26N2O7S.C21H24N2O6.CH3I/c1-4-23-62-33-14-12-15-34(27-33)63-41-28-40-39(51(2)47(59)52(40)3)25-31(41)29-64(60,61)35-16-11-13-30(24-35)43(55)49-22-10-8-6-5-7-9-21-48-32-17-18-36-37(26-32)46(58)53(45(36)57)38-19-20-42(54)50-44(38)56;1-4-11-34-19-8-6-9-20(14-19)35-24-15-23-22(27(2)26(31)28(23)3)13-18(24)16-36(32,33)21-10-5-7-17(12-21)25(29)30;1-2-3-4-5-7-13(24)12-29-16-9-6-8-14-18(16)21(28)23(20(14)27)15-10-11-17(25)22-19(15)26;1-2/h11-18,24-28,38,48H,4-10,19-23,29H2,1-3H3,(H,49,55)(H,50,54,56);5-10,12-15H,4,11,16H2,1-3H3,(H,29,30);6,8-9,15H,2-5,7,10-12H2,1H3,(H,22,25,26);1H3. The second kappa shape index (κ2) is 45.0. The molecular weight excluding hydrogens is 1840 g/mol. The number of piperidine rings is 2. The van der Waals surface area contributed by atoms with Crippen LogP contribution in [0.25, 0.3) is 22.1 Å². The Morgan fingerprint density at radius 1 is 0.450 bits per heavy atom. The molecule has 4 aliphatic heterocycles. The second-order valence-corrected chi connectivity index (χ2v) is 35.7. The summed E-state index contributed by atoms with van der Waals surface area (Å²) in [5, 5.41) is 19.8. The molecule has 5 N–H and O–H groups in total. The van der Waals surface area contributed by atoms with Gasteiger partial charge in [0.2, 0.25) is 23.6 Å². The van der Waals surface area contributed by atoms with E-state index in [1.54, 1.807) is 131 Å². The molecule has 0 radical (unpaired) electrons. The van der Waals surface area contributed by atoms with Crippen LogP contribution in [0.1, 0.15) is 203 Å². The average Bonchev–Trinajstić information content (AvgIpc) is 1.61. The van der Waals surface area contributed by atoms with E-state index < -0.39 is 96.5 Å². The van der Waals surface area contributed by atoms with E-state index in [2.05, 4.69) is 50.8 Å². The molecule has 2 aromatic heterocycles. The summed E-state index contributed by atoms with van der Waals surface area (Å²) in [6.45, 7) is 8.08. The van der Waals surface area contributed by atoms with Gasteiger partial charge in [-0.15, -0.1) is 0 Å². The molecule has 0 saturated carbocycles. The number of nitrogens with one attached hydrogen (secondary N) is 4. The molecule has 10 aromatic rings. The first kappa shape index (κ1) is 98.5. The maximum absolute atomic E-state index is 14.0. The van der Waals surface area contributed by atoms with Gasteiger partial charge in [-0.2, -0.15) is 0 Å². The Morgan fingerprint density at radius 3 is 1.41 bits per heavy atom. The molecule has 9 amide bonds. The molecule has 2 saturated heterocycles. The lowest BCUT2D eigenvalue weighted by atomic mass is 10.0. The molecule has 4 aliphatic rings. The minimum absolute atomic E-state index is 0.0196. The minimum atomic E-state index is -3.99. The molecule has 33 nitrogen and oxygen atoms in total. The van der Waals surface area contributed by atoms with Gasteiger partial charge in [0.05, 0.1) is 84.4 Å². The molecule has 36 heteroatoms. The lowest BCUT2D eigenvalue weighted by Gasteiger charge is -2.27. The molecule has 131 heavy (non-hydrogen) atoms. The molecule has 14 rings (SSSR count). The third kappa shape index (κ3) is 23.9. The number of ether oxygens (including phenoxy) is 5. The SMILES string of the molecule is CCCCCCC(=O)COc1cccc2c1C(=O)N(C1CCC(=O)NC1=O)C2=O.CCCOc1cccc(Oc2cc3c(cc2CS(=O)(=O)c2cccc(C(=O)NCCCCCCCCNc4ccc5c(c4)C(=O)N(C4CCC(=O)NC4=O)C5=O)c2)n(C)c(=O)n3C)c1.CCCOc1cccc(Oc2cc3c(cc2CS(=O)(=O)c2cccc(C(=O)O)c2)n(C)c(=O)n3C)c1.CI. The number of carbonyl (C=O) groups excluding carboxylic acids is 10. The highest BCUT2D eigenvalue weighted by molar-refractivity contribution is 14.1. The Hall–Kier alpha value is -13.1. The van der Waals surface area contributed by atoms with Crippen molar-refractivity contribution in [1.29, 1.82) is 0 Å². The first-order valence-electron chi connectivity index (χ1n) is 43.1. The van der Waals surface area contributed by atoms with E-state index in [4.69, 9.17) is 23.7 Å². The van der Waals surface area contributed by atoms with E-state index in [0.29, 0.717) is 94.6 Å². The zero-order chi connectivity index (χ0) is 94.5. The van der Waals surface area contributed by atoms with Gasteiger partial charge in [-0.05, 0) is 153 Å². The largest absolute Gasteiger partial charge is 0.493 e. The number of alkyl halides is 1. The number of Topliss-reactive ketones (excluding diaryl/α,β-unsaturated/α-hetero) is 1. The van der Waals surface area contributed by atoms with Crippen molar-refractivity contribution in [2.24, 2.45) is 28.2 Å². The zero-order valence-electron chi connectivity index (χ0n) is 73.9. The number of benzene rings is 8. The summed E-state index contributed by atoms with van der Waals surface area (Å²) in [5.41, 5.74) is 3.82. The summed E-state index contributed by atoms with van der Waals surface area (Å²) >= 11 is 2.15.